The fraction of sp³-hybridized carbons (Fsp3) is 0.172. The van der Waals surface area contributed by atoms with Crippen LogP contribution in [0.2, 0.25) is 0 Å². The minimum absolute atomic E-state index is 0.0878. The van der Waals surface area contributed by atoms with E-state index in [2.05, 4.69) is 51.2 Å². The molecule has 0 aliphatic rings. The third kappa shape index (κ3) is 4.47. The largest absolute Gasteiger partial charge is 0.383 e. The van der Waals surface area contributed by atoms with Crippen LogP contribution in [0.25, 0.3) is 55.8 Å². The normalized spacial score (nSPS) is 11.9. The van der Waals surface area contributed by atoms with Gasteiger partial charge >= 0.3 is 0 Å². The van der Waals surface area contributed by atoms with Gasteiger partial charge in [0.2, 0.25) is 0 Å². The summed E-state index contributed by atoms with van der Waals surface area (Å²) < 4.78 is 28.7. The maximum absolute atomic E-state index is 15.2. The van der Waals surface area contributed by atoms with Crippen LogP contribution in [0.15, 0.2) is 67.1 Å². The monoisotopic (exact) mass is 509 g/mol. The van der Waals surface area contributed by atoms with Crippen LogP contribution in [-0.2, 0) is 0 Å². The average Bonchev–Trinajstić information content (AvgIpc) is 3.51. The Morgan fingerprint density at radius 3 is 2.50 bits per heavy atom. The van der Waals surface area contributed by atoms with Gasteiger partial charge in [-0.1, -0.05) is 20.8 Å². The molecule has 38 heavy (non-hydrogen) atoms. The van der Waals surface area contributed by atoms with Gasteiger partial charge in [-0.05, 0) is 47.9 Å². The summed E-state index contributed by atoms with van der Waals surface area (Å²) in [5.74, 6) is -0.186. The van der Waals surface area contributed by atoms with Crippen LogP contribution in [-0.4, -0.2) is 36.7 Å². The quantitative estimate of drug-likeness (QED) is 0.233. The van der Waals surface area contributed by atoms with E-state index in [-0.39, 0.29) is 17.0 Å². The fourth-order valence-electron chi connectivity index (χ4n) is 4.36. The van der Waals surface area contributed by atoms with Crippen LogP contribution in [0.3, 0.4) is 0 Å². The van der Waals surface area contributed by atoms with Crippen molar-refractivity contribution in [3.05, 3.63) is 78.8 Å². The van der Waals surface area contributed by atoms with Gasteiger partial charge in [-0.15, -0.1) is 0 Å². The highest BCUT2D eigenvalue weighted by Crippen LogP contribution is 2.34. The van der Waals surface area contributed by atoms with E-state index in [9.17, 15) is 4.39 Å². The molecule has 0 radical (unpaired) electrons. The maximum Gasteiger partial charge on any atom is 0.159 e. The third-order valence-corrected chi connectivity index (χ3v) is 6.27. The number of rotatable bonds is 5. The summed E-state index contributed by atoms with van der Waals surface area (Å²) in [7, 11) is 0. The summed E-state index contributed by atoms with van der Waals surface area (Å²) in [6, 6.07) is 13.0. The Bertz CT molecular complexity index is 1780. The van der Waals surface area contributed by atoms with Crippen molar-refractivity contribution in [3.8, 4) is 33.9 Å². The van der Waals surface area contributed by atoms with Gasteiger partial charge in [-0.3, -0.25) is 15.1 Å². The molecular weight excluding hydrogens is 484 g/mol. The molecule has 0 amide bonds. The molecule has 6 aromatic rings. The molecule has 190 valence electrons. The van der Waals surface area contributed by atoms with Crippen LogP contribution >= 0.6 is 0 Å². The molecule has 2 aromatic carbocycles. The molecule has 0 saturated heterocycles. The highest BCUT2D eigenvalue weighted by molar-refractivity contribution is 5.97. The van der Waals surface area contributed by atoms with Crippen LogP contribution < -0.4 is 5.32 Å². The van der Waals surface area contributed by atoms with Crippen molar-refractivity contribution in [2.75, 3.05) is 11.9 Å². The molecule has 0 aliphatic heterocycles. The Hall–Kier alpha value is -4.66. The standard InChI is InChI=1S/C29H25F2N7/c1-29(2,3)15-34-19-10-17(13-32-14-19)20-11-21-24(12-22(20)31)37-38-26(21)28-35-23-8-9-33-25(27(23)36-28)16-4-6-18(30)7-5-16/h4-14,34H,15H2,1-3H3,(H,35,36)(H,37,38). The molecule has 0 atom stereocenters. The van der Waals surface area contributed by atoms with Crippen molar-refractivity contribution in [2.24, 2.45) is 5.41 Å². The summed E-state index contributed by atoms with van der Waals surface area (Å²) in [4.78, 5) is 16.9. The third-order valence-electron chi connectivity index (χ3n) is 6.27. The van der Waals surface area contributed by atoms with Gasteiger partial charge in [0.1, 0.15) is 22.8 Å². The zero-order chi connectivity index (χ0) is 26.4. The van der Waals surface area contributed by atoms with E-state index < -0.39 is 0 Å². The van der Waals surface area contributed by atoms with Gasteiger partial charge in [-0.2, -0.15) is 5.10 Å². The van der Waals surface area contributed by atoms with E-state index in [4.69, 9.17) is 4.98 Å². The molecule has 0 aliphatic carbocycles. The van der Waals surface area contributed by atoms with Crippen LogP contribution in [0, 0.1) is 17.0 Å². The number of nitrogens with zero attached hydrogens (tertiary/aromatic N) is 4. The molecular formula is C29H25F2N7. The summed E-state index contributed by atoms with van der Waals surface area (Å²) in [5, 5.41) is 11.4. The molecule has 0 spiro atoms. The topological polar surface area (TPSA) is 95.2 Å². The average molecular weight is 510 g/mol. The Kier molecular flexibility index (Phi) is 5.63. The van der Waals surface area contributed by atoms with Crippen molar-refractivity contribution in [3.63, 3.8) is 0 Å². The number of hydrogen-bond donors (Lipinski definition) is 3. The van der Waals surface area contributed by atoms with Gasteiger partial charge < -0.3 is 10.3 Å². The number of fused-ring (bicyclic) bond motifs is 2. The minimum atomic E-state index is -0.380. The number of pyridine rings is 2. The maximum atomic E-state index is 15.2. The Morgan fingerprint density at radius 2 is 1.71 bits per heavy atom. The first-order valence-corrected chi connectivity index (χ1v) is 12.2. The lowest BCUT2D eigenvalue weighted by Gasteiger charge is -2.19. The number of benzene rings is 2. The smallest absolute Gasteiger partial charge is 0.159 e. The van der Waals surface area contributed by atoms with Gasteiger partial charge in [0.05, 0.1) is 22.4 Å². The number of hydrogen-bond acceptors (Lipinski definition) is 5. The number of aromatic nitrogens is 6. The minimum Gasteiger partial charge on any atom is -0.383 e. The Labute approximate surface area is 217 Å². The first kappa shape index (κ1) is 23.7. The van der Waals surface area contributed by atoms with E-state index in [1.807, 2.05) is 12.1 Å². The van der Waals surface area contributed by atoms with Crippen LogP contribution in [0.5, 0.6) is 0 Å². The Balaban J connectivity index is 1.42. The van der Waals surface area contributed by atoms with Gasteiger partial charge in [0, 0.05) is 53.3 Å². The van der Waals surface area contributed by atoms with Crippen molar-refractivity contribution >= 4 is 27.6 Å². The number of anilines is 1. The predicted octanol–water partition coefficient (Wildman–Crippen LogP) is 6.97. The highest BCUT2D eigenvalue weighted by Gasteiger charge is 2.19. The molecule has 0 bridgehead atoms. The Morgan fingerprint density at radius 1 is 0.895 bits per heavy atom. The highest BCUT2D eigenvalue weighted by atomic mass is 19.1. The van der Waals surface area contributed by atoms with Crippen molar-refractivity contribution < 1.29 is 8.78 Å². The predicted molar refractivity (Wildman–Crippen MR) is 146 cm³/mol. The fourth-order valence-corrected chi connectivity index (χ4v) is 4.36. The van der Waals surface area contributed by atoms with E-state index in [0.29, 0.717) is 44.8 Å². The molecule has 0 fully saturated rings. The first-order valence-electron chi connectivity index (χ1n) is 12.2. The SMILES string of the molecule is CC(C)(C)CNc1cncc(-c2cc3c(-c4nc5c(-c6ccc(F)cc6)nccc5[nH]4)n[nH]c3cc2F)c1. The molecule has 0 unspecified atom stereocenters. The van der Waals surface area contributed by atoms with E-state index in [1.54, 1.807) is 36.8 Å². The summed E-state index contributed by atoms with van der Waals surface area (Å²) in [6.45, 7) is 7.18. The second-order valence-electron chi connectivity index (χ2n) is 10.5. The van der Waals surface area contributed by atoms with Crippen LogP contribution in [0.1, 0.15) is 20.8 Å². The van der Waals surface area contributed by atoms with E-state index in [1.165, 1.54) is 18.2 Å². The van der Waals surface area contributed by atoms with Gasteiger partial charge in [0.25, 0.3) is 0 Å². The van der Waals surface area contributed by atoms with Crippen LogP contribution in [0.4, 0.5) is 14.5 Å². The lowest BCUT2D eigenvalue weighted by Crippen LogP contribution is -2.19. The van der Waals surface area contributed by atoms with Crippen molar-refractivity contribution in [1.82, 2.24) is 30.1 Å². The summed E-state index contributed by atoms with van der Waals surface area (Å²) >= 11 is 0. The zero-order valence-corrected chi connectivity index (χ0v) is 21.1. The van der Waals surface area contributed by atoms with Gasteiger partial charge in [-0.25, -0.2) is 13.8 Å². The molecule has 0 saturated carbocycles. The number of aromatic amines is 2. The van der Waals surface area contributed by atoms with Crippen molar-refractivity contribution in [2.45, 2.75) is 20.8 Å². The van der Waals surface area contributed by atoms with E-state index in [0.717, 1.165) is 23.3 Å². The lowest BCUT2D eigenvalue weighted by atomic mass is 9.97. The molecule has 9 heteroatoms. The molecule has 4 aromatic heterocycles. The second kappa shape index (κ2) is 9.02. The number of halogens is 2. The molecule has 4 heterocycles. The zero-order valence-electron chi connectivity index (χ0n) is 21.1. The number of imidazole rings is 1. The molecule has 6 rings (SSSR count). The molecule has 3 N–H and O–H groups in total. The number of nitrogens with one attached hydrogen (secondary N) is 3. The molecule has 7 nitrogen and oxygen atoms in total. The summed E-state index contributed by atoms with van der Waals surface area (Å²) in [6.07, 6.45) is 5.05. The van der Waals surface area contributed by atoms with Gasteiger partial charge in [0.15, 0.2) is 5.82 Å². The number of H-pyrrole nitrogens is 2. The first-order chi connectivity index (χ1) is 18.2. The lowest BCUT2D eigenvalue weighted by molar-refractivity contribution is 0.443. The van der Waals surface area contributed by atoms with Crippen molar-refractivity contribution in [1.29, 1.82) is 0 Å². The summed E-state index contributed by atoms with van der Waals surface area (Å²) in [5.41, 5.74) is 5.85. The van der Waals surface area contributed by atoms with E-state index >= 15 is 4.39 Å². The second-order valence-corrected chi connectivity index (χ2v) is 10.5.